The van der Waals surface area contributed by atoms with Gasteiger partial charge in [0.15, 0.2) is 0 Å². The molecule has 0 saturated heterocycles. The van der Waals surface area contributed by atoms with E-state index >= 15 is 0 Å². The Balaban J connectivity index is 1.63. The summed E-state index contributed by atoms with van der Waals surface area (Å²) in [6, 6.07) is 5.87. The average molecular weight is 482 g/mol. The van der Waals surface area contributed by atoms with E-state index in [0.29, 0.717) is 19.4 Å². The fourth-order valence-corrected chi connectivity index (χ4v) is 5.04. The summed E-state index contributed by atoms with van der Waals surface area (Å²) in [5, 5.41) is 8.34. The Labute approximate surface area is 200 Å². The molecule has 5 rings (SSSR count). The number of amides is 1. The second-order valence-electron chi connectivity index (χ2n) is 8.99. The number of aromatic nitrogens is 4. The molecule has 1 fully saturated rings. The van der Waals surface area contributed by atoms with Crippen molar-refractivity contribution in [2.45, 2.75) is 37.9 Å². The molecule has 1 aliphatic heterocycles. The third-order valence-electron chi connectivity index (χ3n) is 6.56. The van der Waals surface area contributed by atoms with Crippen LogP contribution in [0.1, 0.15) is 58.2 Å². The zero-order chi connectivity index (χ0) is 25.1. The molecule has 2 aliphatic rings. The molecular weight excluding hydrogens is 459 g/mol. The molecule has 1 saturated carbocycles. The number of allylic oxidation sites excluding steroid dienone is 1. The minimum atomic E-state index is -4.61. The van der Waals surface area contributed by atoms with Crippen LogP contribution in [0.4, 0.5) is 19.0 Å². The van der Waals surface area contributed by atoms with E-state index in [2.05, 4.69) is 28.7 Å². The summed E-state index contributed by atoms with van der Waals surface area (Å²) < 4.78 is 48.7. The van der Waals surface area contributed by atoms with Gasteiger partial charge >= 0.3 is 6.18 Å². The first-order valence-electron chi connectivity index (χ1n) is 11.1. The number of pyridine rings is 1. The lowest BCUT2D eigenvalue weighted by atomic mass is 9.61. The van der Waals surface area contributed by atoms with Crippen molar-refractivity contribution in [3.63, 3.8) is 0 Å². The first-order chi connectivity index (χ1) is 16.5. The van der Waals surface area contributed by atoms with Gasteiger partial charge in [-0.05, 0) is 61.6 Å². The van der Waals surface area contributed by atoms with Crippen molar-refractivity contribution in [2.75, 3.05) is 11.5 Å². The Morgan fingerprint density at radius 3 is 2.54 bits per heavy atom. The third-order valence-corrected chi connectivity index (χ3v) is 6.56. The van der Waals surface area contributed by atoms with E-state index in [9.17, 15) is 18.0 Å². The summed E-state index contributed by atoms with van der Waals surface area (Å²) >= 11 is 0. The highest BCUT2D eigenvalue weighted by Crippen LogP contribution is 2.52. The van der Waals surface area contributed by atoms with Crippen LogP contribution < -0.4 is 9.64 Å². The average Bonchev–Trinajstić information content (AvgIpc) is 3.33. The van der Waals surface area contributed by atoms with Gasteiger partial charge in [0, 0.05) is 18.7 Å². The molecule has 1 aromatic carbocycles. The fourth-order valence-electron chi connectivity index (χ4n) is 5.04. The summed E-state index contributed by atoms with van der Waals surface area (Å²) in [4.78, 5) is 19.0. The van der Waals surface area contributed by atoms with Gasteiger partial charge in [-0.2, -0.15) is 18.2 Å². The molecule has 181 valence electrons. The van der Waals surface area contributed by atoms with Crippen LogP contribution in [-0.4, -0.2) is 32.3 Å². The molecule has 0 N–H and O–H groups in total. The summed E-state index contributed by atoms with van der Waals surface area (Å²) in [6.07, 6.45) is -1.77. The molecule has 0 atom stereocenters. The van der Waals surface area contributed by atoms with E-state index in [1.807, 2.05) is 11.6 Å². The maximum Gasteiger partial charge on any atom is 0.416 e. The number of fused-ring (bicyclic) bond motifs is 1. The number of hydrogen-bond donors (Lipinski definition) is 0. The van der Waals surface area contributed by atoms with Crippen molar-refractivity contribution < 1.29 is 22.7 Å². The molecule has 1 amide bonds. The van der Waals surface area contributed by atoms with E-state index < -0.39 is 23.1 Å². The molecular formula is C25H23F3N5O2. The van der Waals surface area contributed by atoms with Crippen LogP contribution in [0.5, 0.6) is 5.88 Å². The number of benzene rings is 1. The van der Waals surface area contributed by atoms with Crippen molar-refractivity contribution in [3.05, 3.63) is 83.3 Å². The van der Waals surface area contributed by atoms with Gasteiger partial charge in [-0.25, -0.2) is 0 Å². The van der Waals surface area contributed by atoms with Crippen molar-refractivity contribution in [3.8, 4) is 5.88 Å². The topological polar surface area (TPSA) is 73.1 Å². The zero-order valence-corrected chi connectivity index (χ0v) is 19.3. The Kier molecular flexibility index (Phi) is 5.23. The molecule has 0 bridgehead atoms. The monoisotopic (exact) mass is 482 g/mol. The summed E-state index contributed by atoms with van der Waals surface area (Å²) in [6.45, 7) is 9.58. The minimum absolute atomic E-state index is 0.0185. The van der Waals surface area contributed by atoms with Gasteiger partial charge in [0.1, 0.15) is 18.0 Å². The van der Waals surface area contributed by atoms with Gasteiger partial charge in [-0.3, -0.25) is 9.69 Å². The number of carbonyl (C=O) groups excluding carboxylic acids is 1. The van der Waals surface area contributed by atoms with Gasteiger partial charge in [0.25, 0.3) is 5.91 Å². The largest absolute Gasteiger partial charge is 0.478 e. The quantitative estimate of drug-likeness (QED) is 0.497. The Bertz CT molecular complexity index is 1350. The number of nitrogens with zero attached hydrogens (tertiary/aromatic N) is 5. The van der Waals surface area contributed by atoms with Gasteiger partial charge < -0.3 is 9.30 Å². The summed E-state index contributed by atoms with van der Waals surface area (Å²) in [5.74, 6) is 0.650. The lowest BCUT2D eigenvalue weighted by Gasteiger charge is -2.43. The molecule has 0 unspecified atom stereocenters. The Morgan fingerprint density at radius 2 is 1.94 bits per heavy atom. The highest BCUT2D eigenvalue weighted by Gasteiger charge is 2.47. The number of aryl methyl sites for hydroxylation is 1. The van der Waals surface area contributed by atoms with E-state index in [1.165, 1.54) is 11.0 Å². The third kappa shape index (κ3) is 3.67. The standard InChI is InChI=1S/C25H23F3N5O2/c1-5-35-21-9-16(24(10-15(3)11-24)23-31-29-13-32(23)4)8-20(30-21)33-12-18-17(22(33)34)6-14(2)7-19(18)25(26,27)28/h6-9,13H,2-3,5,10-12H2,1,4H3. The molecule has 2 aromatic heterocycles. The normalized spacial score (nSPS) is 16.9. The maximum absolute atomic E-state index is 13.7. The predicted octanol–water partition coefficient (Wildman–Crippen LogP) is 4.61. The van der Waals surface area contributed by atoms with E-state index in [1.54, 1.807) is 25.4 Å². The number of anilines is 1. The van der Waals surface area contributed by atoms with Crippen LogP contribution in [0.2, 0.25) is 0 Å². The van der Waals surface area contributed by atoms with Crippen LogP contribution in [0.25, 0.3) is 0 Å². The highest BCUT2D eigenvalue weighted by molar-refractivity contribution is 6.10. The Morgan fingerprint density at radius 1 is 1.20 bits per heavy atom. The predicted molar refractivity (Wildman–Crippen MR) is 122 cm³/mol. The first-order valence-corrected chi connectivity index (χ1v) is 11.1. The van der Waals surface area contributed by atoms with Crippen LogP contribution in [0.3, 0.4) is 0 Å². The van der Waals surface area contributed by atoms with Crippen LogP contribution in [0.15, 0.2) is 42.7 Å². The number of rotatable bonds is 5. The van der Waals surface area contributed by atoms with Crippen LogP contribution in [0, 0.1) is 6.92 Å². The number of carbonyl (C=O) groups is 1. The van der Waals surface area contributed by atoms with Gasteiger partial charge in [-0.15, -0.1) is 10.2 Å². The molecule has 10 heteroatoms. The van der Waals surface area contributed by atoms with E-state index in [-0.39, 0.29) is 34.9 Å². The summed E-state index contributed by atoms with van der Waals surface area (Å²) in [7, 11) is 1.85. The number of ether oxygens (including phenoxy) is 1. The molecule has 3 aromatic rings. The molecule has 35 heavy (non-hydrogen) atoms. The van der Waals surface area contributed by atoms with E-state index in [4.69, 9.17) is 4.74 Å². The van der Waals surface area contributed by atoms with Crippen LogP contribution >= 0.6 is 0 Å². The Hall–Kier alpha value is -3.69. The van der Waals surface area contributed by atoms with Crippen molar-refractivity contribution in [2.24, 2.45) is 7.05 Å². The van der Waals surface area contributed by atoms with Crippen LogP contribution in [-0.2, 0) is 25.2 Å². The van der Waals surface area contributed by atoms with Crippen molar-refractivity contribution in [1.82, 2.24) is 19.7 Å². The lowest BCUT2D eigenvalue weighted by Crippen LogP contribution is -2.40. The van der Waals surface area contributed by atoms with Gasteiger partial charge in [0.2, 0.25) is 5.88 Å². The fraction of sp³-hybridized carbons (Fsp3) is 0.320. The molecule has 1 radical (unpaired) electrons. The van der Waals surface area contributed by atoms with Gasteiger partial charge in [0.05, 0.1) is 24.1 Å². The molecule has 1 aliphatic carbocycles. The first kappa shape index (κ1) is 23.1. The van der Waals surface area contributed by atoms with Crippen molar-refractivity contribution >= 4 is 11.7 Å². The highest BCUT2D eigenvalue weighted by atomic mass is 19.4. The lowest BCUT2D eigenvalue weighted by molar-refractivity contribution is -0.138. The number of halogens is 3. The molecule has 0 spiro atoms. The van der Waals surface area contributed by atoms with E-state index in [0.717, 1.165) is 23.0 Å². The SMILES string of the molecule is [CH2]c1cc2c(c(C(F)(F)F)c1)CN(c1cc(C3(c4nncn4C)CC(=C)C3)cc(OCC)n1)C2=O. The maximum atomic E-state index is 13.7. The molecule has 7 nitrogen and oxygen atoms in total. The van der Waals surface area contributed by atoms with Crippen molar-refractivity contribution in [1.29, 1.82) is 0 Å². The molecule has 3 heterocycles. The second-order valence-corrected chi connectivity index (χ2v) is 8.99. The zero-order valence-electron chi connectivity index (χ0n) is 19.3. The smallest absolute Gasteiger partial charge is 0.416 e. The number of hydrogen-bond acceptors (Lipinski definition) is 5. The second kappa shape index (κ2) is 7.93. The summed E-state index contributed by atoms with van der Waals surface area (Å²) in [5.41, 5.74) is 0.424. The van der Waals surface area contributed by atoms with Gasteiger partial charge in [-0.1, -0.05) is 12.2 Å². The number of alkyl halides is 3. The minimum Gasteiger partial charge on any atom is -0.478 e.